The lowest BCUT2D eigenvalue weighted by atomic mass is 9.62. The number of benzene rings is 1. The van der Waals surface area contributed by atoms with Gasteiger partial charge in [-0.2, -0.15) is 0 Å². The molecule has 0 aromatic heterocycles. The van der Waals surface area contributed by atoms with Gasteiger partial charge in [0.15, 0.2) is 0 Å². The van der Waals surface area contributed by atoms with Crippen molar-refractivity contribution in [2.45, 2.75) is 64.2 Å². The van der Waals surface area contributed by atoms with Crippen LogP contribution in [0, 0.1) is 65.1 Å². The molecule has 0 amide bonds. The molecule has 0 aliphatic heterocycles. The third-order valence-corrected chi connectivity index (χ3v) is 11.0. The molecular weight excluding hydrogens is 348 g/mol. The van der Waals surface area contributed by atoms with Crippen LogP contribution in [0.3, 0.4) is 0 Å². The molecule has 10 rings (SSSR count). The minimum absolute atomic E-state index is 0.843. The van der Waals surface area contributed by atoms with Crippen molar-refractivity contribution in [3.63, 3.8) is 0 Å². The van der Waals surface area contributed by atoms with Gasteiger partial charge in [-0.25, -0.2) is 0 Å². The molecule has 0 heterocycles. The highest BCUT2D eigenvalue weighted by atomic mass is 14.6. The molecule has 9 aliphatic rings. The zero-order valence-electron chi connectivity index (χ0n) is 17.7. The van der Waals surface area contributed by atoms with Crippen LogP contribution in [0.5, 0.6) is 0 Å². The first-order valence-corrected chi connectivity index (χ1v) is 13.0. The number of hydrogen-bond acceptors (Lipinski definition) is 0. The summed E-state index contributed by atoms with van der Waals surface area (Å²) >= 11 is 0. The van der Waals surface area contributed by atoms with E-state index in [4.69, 9.17) is 0 Å². The molecule has 0 saturated heterocycles. The summed E-state index contributed by atoms with van der Waals surface area (Å²) in [6.45, 7) is 0. The van der Waals surface area contributed by atoms with Crippen LogP contribution in [0.25, 0.3) is 0 Å². The highest BCUT2D eigenvalue weighted by molar-refractivity contribution is 5.52. The Balaban J connectivity index is 1.37. The predicted molar refractivity (Wildman–Crippen MR) is 117 cm³/mol. The molecule has 29 heavy (non-hydrogen) atoms. The summed E-state index contributed by atoms with van der Waals surface area (Å²) in [5.74, 6) is 11.8. The lowest BCUT2D eigenvalue weighted by Gasteiger charge is -2.42. The molecule has 6 unspecified atom stereocenters. The normalized spacial score (nSPS) is 51.9. The van der Waals surface area contributed by atoms with E-state index in [-0.39, 0.29) is 0 Å². The van der Waals surface area contributed by atoms with Crippen molar-refractivity contribution in [3.8, 4) is 0 Å². The summed E-state index contributed by atoms with van der Waals surface area (Å²) < 4.78 is 0. The molecule has 8 bridgehead atoms. The molecule has 1 aromatic carbocycles. The Bertz CT molecular complexity index is 783. The second-order valence-electron chi connectivity index (χ2n) is 12.4. The molecule has 9 aliphatic carbocycles. The van der Waals surface area contributed by atoms with Gasteiger partial charge in [-0.3, -0.25) is 0 Å². The quantitative estimate of drug-likeness (QED) is 0.455. The molecule has 1 radical (unpaired) electrons. The van der Waals surface area contributed by atoms with Gasteiger partial charge in [-0.1, -0.05) is 41.5 Å². The van der Waals surface area contributed by atoms with Gasteiger partial charge in [0.1, 0.15) is 0 Å². The number of hydrogen-bond donors (Lipinski definition) is 0. The Morgan fingerprint density at radius 1 is 0.483 bits per heavy atom. The van der Waals surface area contributed by atoms with Crippen LogP contribution in [0.1, 0.15) is 69.8 Å². The molecule has 1 aromatic rings. The fraction of sp³-hybridized carbons (Fsp3) is 0.690. The van der Waals surface area contributed by atoms with Crippen molar-refractivity contribution in [3.05, 3.63) is 53.0 Å². The standard InChI is InChI=1S/C29H35/c1-2-4-20(5-3-1)25-26-21-8-16-6-17(9-21)13-23(12-16)28(26)29-24-14-18-7-19(15-24)11-22(10-18)27(25)29/h1-5,16-19,21-24,26-27H,6-15H2. The van der Waals surface area contributed by atoms with Crippen molar-refractivity contribution in [1.82, 2.24) is 0 Å². The van der Waals surface area contributed by atoms with Crippen molar-refractivity contribution in [2.24, 2.45) is 59.2 Å². The van der Waals surface area contributed by atoms with E-state index in [1.165, 1.54) is 0 Å². The molecule has 0 spiro atoms. The summed E-state index contributed by atoms with van der Waals surface area (Å²) in [6.07, 6.45) is 15.6. The maximum Gasteiger partial charge on any atom is 0.0198 e. The van der Waals surface area contributed by atoms with Gasteiger partial charge in [0, 0.05) is 5.92 Å². The highest BCUT2D eigenvalue weighted by Crippen LogP contribution is 2.69. The molecule has 8 fully saturated rings. The van der Waals surface area contributed by atoms with E-state index < -0.39 is 0 Å². The molecule has 8 saturated carbocycles. The van der Waals surface area contributed by atoms with E-state index in [2.05, 4.69) is 41.5 Å². The molecule has 151 valence electrons. The zero-order chi connectivity index (χ0) is 18.7. The SMILES string of the molecule is c1ccc([C]2C3C(=C4C5CC6CC(C5)CC(C6)C24)C2CC4CC(C2)CC3C4)cc1. The van der Waals surface area contributed by atoms with Crippen molar-refractivity contribution in [2.75, 3.05) is 0 Å². The van der Waals surface area contributed by atoms with Crippen molar-refractivity contribution >= 4 is 0 Å². The number of rotatable bonds is 1. The maximum atomic E-state index is 2.49. The zero-order valence-corrected chi connectivity index (χ0v) is 17.7. The summed E-state index contributed by atoms with van der Waals surface area (Å²) in [5.41, 5.74) is 5.81. The van der Waals surface area contributed by atoms with Gasteiger partial charge in [0.2, 0.25) is 0 Å². The van der Waals surface area contributed by atoms with Gasteiger partial charge < -0.3 is 0 Å². The van der Waals surface area contributed by atoms with Crippen LogP contribution in [-0.2, 0) is 0 Å². The fourth-order valence-electron chi connectivity index (χ4n) is 10.7. The van der Waals surface area contributed by atoms with Crippen LogP contribution >= 0.6 is 0 Å². The van der Waals surface area contributed by atoms with Crippen LogP contribution in [0.15, 0.2) is 41.5 Å². The fourth-order valence-corrected chi connectivity index (χ4v) is 10.7. The van der Waals surface area contributed by atoms with E-state index >= 15 is 0 Å². The van der Waals surface area contributed by atoms with E-state index in [0.29, 0.717) is 0 Å². The predicted octanol–water partition coefficient (Wildman–Crippen LogP) is 7.06. The number of allylic oxidation sites excluding steroid dienone is 2. The minimum atomic E-state index is 0.843. The monoisotopic (exact) mass is 383 g/mol. The van der Waals surface area contributed by atoms with E-state index in [1.807, 2.05) is 5.92 Å². The third kappa shape index (κ3) is 2.22. The van der Waals surface area contributed by atoms with Crippen LogP contribution in [0.2, 0.25) is 0 Å². The topological polar surface area (TPSA) is 0 Å². The van der Waals surface area contributed by atoms with Crippen LogP contribution in [0.4, 0.5) is 0 Å². The summed E-state index contributed by atoms with van der Waals surface area (Å²) in [4.78, 5) is 0. The Morgan fingerprint density at radius 3 is 1.38 bits per heavy atom. The van der Waals surface area contributed by atoms with E-state index in [0.717, 1.165) is 59.2 Å². The minimum Gasteiger partial charge on any atom is -0.0630 e. The second kappa shape index (κ2) is 5.80. The lowest BCUT2D eigenvalue weighted by Crippen LogP contribution is -2.33. The average Bonchev–Trinajstić information content (AvgIpc) is 2.88. The Hall–Kier alpha value is -1.04. The highest BCUT2D eigenvalue weighted by Gasteiger charge is 2.60. The first kappa shape index (κ1) is 16.6. The van der Waals surface area contributed by atoms with E-state index in [9.17, 15) is 0 Å². The van der Waals surface area contributed by atoms with Gasteiger partial charge >= 0.3 is 0 Å². The average molecular weight is 384 g/mol. The van der Waals surface area contributed by atoms with Gasteiger partial charge in [0.25, 0.3) is 0 Å². The molecule has 6 atom stereocenters. The lowest BCUT2D eigenvalue weighted by molar-refractivity contribution is 0.115. The van der Waals surface area contributed by atoms with Gasteiger partial charge in [0.05, 0.1) is 0 Å². The van der Waals surface area contributed by atoms with Crippen molar-refractivity contribution < 1.29 is 0 Å². The smallest absolute Gasteiger partial charge is 0.0198 e. The first-order valence-electron chi connectivity index (χ1n) is 13.0. The Kier molecular flexibility index (Phi) is 3.33. The van der Waals surface area contributed by atoms with Gasteiger partial charge in [-0.15, -0.1) is 0 Å². The van der Waals surface area contributed by atoms with Crippen LogP contribution in [-0.4, -0.2) is 0 Å². The largest absolute Gasteiger partial charge is 0.0630 e. The maximum absolute atomic E-state index is 2.49. The Morgan fingerprint density at radius 2 is 0.931 bits per heavy atom. The van der Waals surface area contributed by atoms with Crippen LogP contribution < -0.4 is 0 Å². The third-order valence-electron chi connectivity index (χ3n) is 11.0. The van der Waals surface area contributed by atoms with Crippen molar-refractivity contribution in [1.29, 1.82) is 0 Å². The molecule has 0 heteroatoms. The summed E-state index contributed by atoms with van der Waals surface area (Å²) in [5, 5.41) is 0. The van der Waals surface area contributed by atoms with Gasteiger partial charge in [-0.05, 0) is 129 Å². The molecule has 0 N–H and O–H groups in total. The molecule has 0 nitrogen and oxygen atoms in total. The summed E-state index contributed by atoms with van der Waals surface area (Å²) in [7, 11) is 0. The summed E-state index contributed by atoms with van der Waals surface area (Å²) in [6, 6.07) is 11.8. The van der Waals surface area contributed by atoms with E-state index in [1.54, 1.807) is 69.8 Å². The molecular formula is C29H35. The first-order chi connectivity index (χ1) is 14.3. The second-order valence-corrected chi connectivity index (χ2v) is 12.4. The Labute approximate surface area is 176 Å².